The molecule has 0 atom stereocenters. The van der Waals surface area contributed by atoms with Gasteiger partial charge in [0.1, 0.15) is 0 Å². The monoisotopic (exact) mass is 348 g/mol. The Bertz CT molecular complexity index is 875. The molecule has 0 fully saturated rings. The Hall–Kier alpha value is -1.96. The molecule has 2 heteroatoms. The van der Waals surface area contributed by atoms with Gasteiger partial charge in [-0.2, -0.15) is 0 Å². The molecule has 0 saturated carbocycles. The molecule has 0 aliphatic carbocycles. The Morgan fingerprint density at radius 3 is 1.12 bits per heavy atom. The third-order valence-corrected chi connectivity index (χ3v) is 5.92. The summed E-state index contributed by atoms with van der Waals surface area (Å²) in [5.74, 6) is 0. The van der Waals surface area contributed by atoms with Gasteiger partial charge in [-0.3, -0.25) is 9.97 Å². The number of aryl methyl sites for hydroxylation is 6. The quantitative estimate of drug-likeness (QED) is 0.499. The van der Waals surface area contributed by atoms with E-state index in [1.54, 1.807) is 0 Å². The minimum atomic E-state index is 1.04. The standard InChI is InChI=1S/C24H32N2/c1-7-15-13-25-23-21(17(15)9-3)19(11-5)20(12-6)22-18(10-4)16(8-2)14-26-24(22)23/h13-14H,7-12H2,1-6H3. The molecule has 0 unspecified atom stereocenters. The molecule has 26 heavy (non-hydrogen) atoms. The van der Waals surface area contributed by atoms with Crippen molar-refractivity contribution >= 4 is 21.8 Å². The molecule has 0 N–H and O–H groups in total. The third-order valence-electron chi connectivity index (χ3n) is 5.92. The van der Waals surface area contributed by atoms with Crippen molar-refractivity contribution in [3.8, 4) is 0 Å². The normalized spacial score (nSPS) is 11.6. The van der Waals surface area contributed by atoms with Gasteiger partial charge >= 0.3 is 0 Å². The van der Waals surface area contributed by atoms with Crippen LogP contribution in [0.5, 0.6) is 0 Å². The van der Waals surface area contributed by atoms with Crippen LogP contribution < -0.4 is 0 Å². The van der Waals surface area contributed by atoms with Crippen LogP contribution in [0.1, 0.15) is 74.9 Å². The van der Waals surface area contributed by atoms with Crippen molar-refractivity contribution in [3.05, 3.63) is 45.8 Å². The summed E-state index contributed by atoms with van der Waals surface area (Å²) in [7, 11) is 0. The second-order valence-corrected chi connectivity index (χ2v) is 7.05. The summed E-state index contributed by atoms with van der Waals surface area (Å²) < 4.78 is 0. The van der Waals surface area contributed by atoms with E-state index in [0.717, 1.165) is 49.6 Å². The Balaban J connectivity index is 2.64. The fraction of sp³-hybridized carbons (Fsp3) is 0.500. The first-order chi connectivity index (χ1) is 12.7. The maximum Gasteiger partial charge on any atom is 0.0970 e. The van der Waals surface area contributed by atoms with Crippen LogP contribution in [0.25, 0.3) is 21.8 Å². The van der Waals surface area contributed by atoms with E-state index in [-0.39, 0.29) is 0 Å². The van der Waals surface area contributed by atoms with Crippen molar-refractivity contribution in [1.29, 1.82) is 0 Å². The van der Waals surface area contributed by atoms with E-state index >= 15 is 0 Å². The molecular weight excluding hydrogens is 316 g/mol. The van der Waals surface area contributed by atoms with Gasteiger partial charge in [0.25, 0.3) is 0 Å². The first-order valence-electron chi connectivity index (χ1n) is 10.4. The van der Waals surface area contributed by atoms with Gasteiger partial charge in [0.15, 0.2) is 0 Å². The lowest BCUT2D eigenvalue weighted by molar-refractivity contribution is 1.00. The van der Waals surface area contributed by atoms with Crippen LogP contribution in [0.15, 0.2) is 12.4 Å². The molecule has 0 radical (unpaired) electrons. The minimum Gasteiger partial charge on any atom is -0.254 e. The van der Waals surface area contributed by atoms with E-state index in [1.165, 1.54) is 44.2 Å². The number of hydrogen-bond donors (Lipinski definition) is 0. The maximum atomic E-state index is 4.94. The highest BCUT2D eigenvalue weighted by Gasteiger charge is 2.20. The highest BCUT2D eigenvalue weighted by Crippen LogP contribution is 2.37. The van der Waals surface area contributed by atoms with Crippen LogP contribution in [0, 0.1) is 0 Å². The lowest BCUT2D eigenvalue weighted by Crippen LogP contribution is -2.06. The lowest BCUT2D eigenvalue weighted by atomic mass is 9.85. The summed E-state index contributed by atoms with van der Waals surface area (Å²) in [5, 5.41) is 2.77. The smallest absolute Gasteiger partial charge is 0.0970 e. The highest BCUT2D eigenvalue weighted by atomic mass is 14.7. The molecule has 0 spiro atoms. The van der Waals surface area contributed by atoms with Crippen LogP contribution in [0.3, 0.4) is 0 Å². The van der Waals surface area contributed by atoms with Crippen molar-refractivity contribution in [2.24, 2.45) is 0 Å². The molecular formula is C24H32N2. The lowest BCUT2D eigenvalue weighted by Gasteiger charge is -2.21. The summed E-state index contributed by atoms with van der Waals surface area (Å²) in [4.78, 5) is 9.88. The molecule has 0 bridgehead atoms. The zero-order chi connectivity index (χ0) is 18.8. The average molecular weight is 349 g/mol. The van der Waals surface area contributed by atoms with Crippen LogP contribution in [-0.4, -0.2) is 9.97 Å². The van der Waals surface area contributed by atoms with Crippen LogP contribution in [0.4, 0.5) is 0 Å². The molecule has 3 rings (SSSR count). The number of aromatic nitrogens is 2. The van der Waals surface area contributed by atoms with Crippen molar-refractivity contribution in [2.75, 3.05) is 0 Å². The van der Waals surface area contributed by atoms with E-state index in [4.69, 9.17) is 9.97 Å². The van der Waals surface area contributed by atoms with Crippen LogP contribution >= 0.6 is 0 Å². The van der Waals surface area contributed by atoms with Crippen molar-refractivity contribution in [3.63, 3.8) is 0 Å². The molecule has 2 aromatic heterocycles. The van der Waals surface area contributed by atoms with Gasteiger partial charge in [-0.15, -0.1) is 0 Å². The van der Waals surface area contributed by atoms with E-state index in [2.05, 4.69) is 53.9 Å². The Morgan fingerprint density at radius 2 is 0.846 bits per heavy atom. The van der Waals surface area contributed by atoms with Crippen molar-refractivity contribution < 1.29 is 0 Å². The highest BCUT2D eigenvalue weighted by molar-refractivity contribution is 6.09. The summed E-state index contributed by atoms with van der Waals surface area (Å²) >= 11 is 0. The Morgan fingerprint density at radius 1 is 0.500 bits per heavy atom. The van der Waals surface area contributed by atoms with Gasteiger partial charge in [-0.05, 0) is 71.9 Å². The second-order valence-electron chi connectivity index (χ2n) is 7.05. The third kappa shape index (κ3) is 2.71. The molecule has 0 aliphatic rings. The number of benzene rings is 1. The zero-order valence-corrected chi connectivity index (χ0v) is 17.3. The van der Waals surface area contributed by atoms with Crippen LogP contribution in [-0.2, 0) is 38.5 Å². The van der Waals surface area contributed by atoms with Gasteiger partial charge in [-0.1, -0.05) is 41.5 Å². The van der Waals surface area contributed by atoms with Gasteiger partial charge in [0.2, 0.25) is 0 Å². The van der Waals surface area contributed by atoms with Crippen LogP contribution in [0.2, 0.25) is 0 Å². The largest absolute Gasteiger partial charge is 0.254 e. The molecule has 0 amide bonds. The number of hydrogen-bond acceptors (Lipinski definition) is 2. The minimum absolute atomic E-state index is 1.04. The molecule has 3 aromatic rings. The number of pyridine rings is 2. The molecule has 1 aromatic carbocycles. The van der Waals surface area contributed by atoms with Gasteiger partial charge in [-0.25, -0.2) is 0 Å². The predicted molar refractivity (Wildman–Crippen MR) is 113 cm³/mol. The number of nitrogens with zero attached hydrogens (tertiary/aromatic N) is 2. The number of rotatable bonds is 6. The van der Waals surface area contributed by atoms with Crippen molar-refractivity contribution in [2.45, 2.75) is 80.1 Å². The Kier molecular flexibility index (Phi) is 5.60. The predicted octanol–water partition coefficient (Wildman–Crippen LogP) is 6.16. The average Bonchev–Trinajstić information content (AvgIpc) is 2.70. The second kappa shape index (κ2) is 7.73. The molecule has 2 heterocycles. The fourth-order valence-corrected chi connectivity index (χ4v) is 4.69. The zero-order valence-electron chi connectivity index (χ0n) is 17.3. The topological polar surface area (TPSA) is 25.8 Å². The SMILES string of the molecule is CCc1cnc2c(c1CC)c(CC)c(CC)c1c(CC)c(CC)cnc12. The van der Waals surface area contributed by atoms with E-state index in [1.807, 2.05) is 0 Å². The van der Waals surface area contributed by atoms with Crippen molar-refractivity contribution in [1.82, 2.24) is 9.97 Å². The number of fused-ring (bicyclic) bond motifs is 3. The summed E-state index contributed by atoms with van der Waals surface area (Å²) in [6.45, 7) is 13.6. The first kappa shape index (κ1) is 18.8. The van der Waals surface area contributed by atoms with Gasteiger partial charge in [0, 0.05) is 23.2 Å². The Labute approximate surface area is 158 Å². The molecule has 2 nitrogen and oxygen atoms in total. The summed E-state index contributed by atoms with van der Waals surface area (Å²) in [6.07, 6.45) is 10.5. The molecule has 138 valence electrons. The fourth-order valence-electron chi connectivity index (χ4n) is 4.69. The molecule has 0 saturated heterocycles. The van der Waals surface area contributed by atoms with Gasteiger partial charge in [0.05, 0.1) is 11.0 Å². The van der Waals surface area contributed by atoms with E-state index in [0.29, 0.717) is 0 Å². The summed E-state index contributed by atoms with van der Waals surface area (Å²) in [5.41, 5.74) is 10.9. The first-order valence-corrected chi connectivity index (χ1v) is 10.4. The summed E-state index contributed by atoms with van der Waals surface area (Å²) in [6, 6.07) is 0. The van der Waals surface area contributed by atoms with E-state index < -0.39 is 0 Å². The van der Waals surface area contributed by atoms with Gasteiger partial charge < -0.3 is 0 Å². The van der Waals surface area contributed by atoms with E-state index in [9.17, 15) is 0 Å². The maximum absolute atomic E-state index is 4.94. The molecule has 0 aliphatic heterocycles.